The standard InChI is InChI=1S/C16H18N2O4/c1-5-22-15-9(2)13(19)12(15)17-11-8-6-7-10(14(11)20)16(21)18(3)4/h6-8,17,20H,2,5H2,1,3-4H3. The van der Waals surface area contributed by atoms with Gasteiger partial charge in [-0.2, -0.15) is 0 Å². The van der Waals surface area contributed by atoms with Crippen LogP contribution in [-0.2, 0) is 9.53 Å². The second-order valence-corrected chi connectivity index (χ2v) is 4.97. The minimum absolute atomic E-state index is 0.152. The van der Waals surface area contributed by atoms with Crippen LogP contribution in [0.2, 0.25) is 0 Å². The molecule has 0 unspecified atom stereocenters. The number of phenolic OH excluding ortho intramolecular Hbond substituents is 1. The van der Waals surface area contributed by atoms with Crippen molar-refractivity contribution in [3.8, 4) is 5.75 Å². The van der Waals surface area contributed by atoms with Crippen molar-refractivity contribution in [1.82, 2.24) is 4.90 Å². The van der Waals surface area contributed by atoms with Gasteiger partial charge in [-0.3, -0.25) is 9.59 Å². The number of nitrogens with one attached hydrogen (secondary N) is 1. The molecule has 1 aromatic rings. The molecule has 2 N–H and O–H groups in total. The van der Waals surface area contributed by atoms with Crippen molar-refractivity contribution in [2.75, 3.05) is 26.0 Å². The molecule has 0 heterocycles. The van der Waals surface area contributed by atoms with Gasteiger partial charge in [0.15, 0.2) is 11.5 Å². The fraction of sp³-hybridized carbons (Fsp3) is 0.250. The average Bonchev–Trinajstić information content (AvgIpc) is 2.51. The van der Waals surface area contributed by atoms with E-state index < -0.39 is 0 Å². The lowest BCUT2D eigenvalue weighted by atomic mass is 9.95. The molecule has 0 radical (unpaired) electrons. The fourth-order valence-electron chi connectivity index (χ4n) is 2.06. The Kier molecular flexibility index (Phi) is 4.21. The molecule has 6 nitrogen and oxygen atoms in total. The molecule has 0 bridgehead atoms. The Labute approximate surface area is 128 Å². The van der Waals surface area contributed by atoms with E-state index >= 15 is 0 Å². The second kappa shape index (κ2) is 5.93. The lowest BCUT2D eigenvalue weighted by molar-refractivity contribution is -0.114. The van der Waals surface area contributed by atoms with Crippen molar-refractivity contribution in [3.63, 3.8) is 0 Å². The molecule has 116 valence electrons. The Morgan fingerprint density at radius 3 is 2.68 bits per heavy atom. The van der Waals surface area contributed by atoms with E-state index in [-0.39, 0.29) is 34.4 Å². The van der Waals surface area contributed by atoms with Gasteiger partial charge in [-0.1, -0.05) is 12.6 Å². The highest BCUT2D eigenvalue weighted by molar-refractivity contribution is 6.20. The third-order valence-electron chi connectivity index (χ3n) is 3.22. The van der Waals surface area contributed by atoms with Crippen LogP contribution in [0.3, 0.4) is 0 Å². The number of carbonyl (C=O) groups is 2. The Morgan fingerprint density at radius 1 is 1.41 bits per heavy atom. The summed E-state index contributed by atoms with van der Waals surface area (Å²) in [5, 5.41) is 13.1. The number of para-hydroxylation sites is 1. The minimum Gasteiger partial charge on any atom is -0.505 e. The number of ether oxygens (including phenoxy) is 1. The molecule has 0 saturated carbocycles. The van der Waals surface area contributed by atoms with Gasteiger partial charge in [-0.05, 0) is 19.1 Å². The molecular weight excluding hydrogens is 284 g/mol. The van der Waals surface area contributed by atoms with E-state index in [2.05, 4.69) is 11.9 Å². The summed E-state index contributed by atoms with van der Waals surface area (Å²) in [5.41, 5.74) is 0.945. The van der Waals surface area contributed by atoms with Crippen molar-refractivity contribution in [1.29, 1.82) is 0 Å². The van der Waals surface area contributed by atoms with Crippen LogP contribution in [0.1, 0.15) is 17.3 Å². The lowest BCUT2D eigenvalue weighted by Crippen LogP contribution is -2.28. The number of carbonyl (C=O) groups excluding carboxylic acids is 2. The van der Waals surface area contributed by atoms with E-state index in [0.717, 1.165) is 0 Å². The number of Topliss-reactive ketones (excluding diaryl/α,β-unsaturated/α-hetero) is 1. The third kappa shape index (κ3) is 2.55. The molecule has 1 aliphatic rings. The van der Waals surface area contributed by atoms with Gasteiger partial charge in [0.2, 0.25) is 5.78 Å². The van der Waals surface area contributed by atoms with Gasteiger partial charge in [0, 0.05) is 14.1 Å². The van der Waals surface area contributed by atoms with Crippen molar-refractivity contribution < 1.29 is 19.4 Å². The molecule has 22 heavy (non-hydrogen) atoms. The van der Waals surface area contributed by atoms with E-state index in [1.807, 2.05) is 0 Å². The first-order valence-corrected chi connectivity index (χ1v) is 6.80. The SMILES string of the molecule is C=C1C(=O)C(Nc2cccc(C(=O)N(C)C)c2O)=C1OCC. The zero-order valence-electron chi connectivity index (χ0n) is 12.8. The third-order valence-corrected chi connectivity index (χ3v) is 3.22. The van der Waals surface area contributed by atoms with E-state index in [9.17, 15) is 14.7 Å². The molecular formula is C16H18N2O4. The smallest absolute Gasteiger partial charge is 0.257 e. The van der Waals surface area contributed by atoms with Gasteiger partial charge in [0.25, 0.3) is 5.91 Å². The molecule has 0 spiro atoms. The van der Waals surface area contributed by atoms with Crippen molar-refractivity contribution in [2.24, 2.45) is 0 Å². The number of hydrogen-bond acceptors (Lipinski definition) is 5. The number of allylic oxidation sites excluding steroid dienone is 2. The van der Waals surface area contributed by atoms with Crippen LogP contribution in [0.15, 0.2) is 41.8 Å². The monoisotopic (exact) mass is 302 g/mol. The zero-order valence-corrected chi connectivity index (χ0v) is 12.8. The highest BCUT2D eigenvalue weighted by Crippen LogP contribution is 2.35. The molecule has 1 aromatic carbocycles. The van der Waals surface area contributed by atoms with Crippen LogP contribution in [0.4, 0.5) is 5.69 Å². The summed E-state index contributed by atoms with van der Waals surface area (Å²) in [6, 6.07) is 4.71. The highest BCUT2D eigenvalue weighted by Gasteiger charge is 2.34. The molecule has 0 atom stereocenters. The molecule has 0 aromatic heterocycles. The summed E-state index contributed by atoms with van der Waals surface area (Å²) in [6.07, 6.45) is 0. The Bertz CT molecular complexity index is 689. The number of phenols is 1. The number of rotatable bonds is 5. The number of amides is 1. The normalized spacial score (nSPS) is 13.8. The number of ketones is 1. The van der Waals surface area contributed by atoms with Crippen LogP contribution < -0.4 is 5.32 Å². The lowest BCUT2D eigenvalue weighted by Gasteiger charge is -2.25. The summed E-state index contributed by atoms with van der Waals surface area (Å²) in [7, 11) is 3.19. The Balaban J connectivity index is 2.35. The van der Waals surface area contributed by atoms with E-state index in [1.165, 1.54) is 11.0 Å². The summed E-state index contributed by atoms with van der Waals surface area (Å²) < 4.78 is 5.34. The first-order valence-electron chi connectivity index (χ1n) is 6.80. The predicted molar refractivity (Wildman–Crippen MR) is 82.5 cm³/mol. The maximum Gasteiger partial charge on any atom is 0.257 e. The van der Waals surface area contributed by atoms with Gasteiger partial charge < -0.3 is 20.1 Å². The van der Waals surface area contributed by atoms with Gasteiger partial charge in [-0.25, -0.2) is 0 Å². The molecule has 0 saturated heterocycles. The van der Waals surface area contributed by atoms with Crippen LogP contribution in [0, 0.1) is 0 Å². The fourth-order valence-corrected chi connectivity index (χ4v) is 2.06. The van der Waals surface area contributed by atoms with Crippen molar-refractivity contribution >= 4 is 17.4 Å². The molecule has 0 fully saturated rings. The van der Waals surface area contributed by atoms with Crippen LogP contribution in [0.5, 0.6) is 5.75 Å². The summed E-state index contributed by atoms with van der Waals surface area (Å²) in [4.78, 5) is 25.2. The van der Waals surface area contributed by atoms with Gasteiger partial charge >= 0.3 is 0 Å². The largest absolute Gasteiger partial charge is 0.505 e. The second-order valence-electron chi connectivity index (χ2n) is 4.97. The number of aromatic hydroxyl groups is 1. The molecule has 0 aliphatic heterocycles. The molecule has 2 rings (SSSR count). The zero-order chi connectivity index (χ0) is 16.4. The Hall–Kier alpha value is -2.76. The topological polar surface area (TPSA) is 78.9 Å². The van der Waals surface area contributed by atoms with Gasteiger partial charge in [0.05, 0.1) is 23.4 Å². The maximum absolute atomic E-state index is 12.0. The molecule has 1 amide bonds. The van der Waals surface area contributed by atoms with E-state index in [1.54, 1.807) is 33.2 Å². The summed E-state index contributed by atoms with van der Waals surface area (Å²) in [6.45, 7) is 5.83. The van der Waals surface area contributed by atoms with Crippen LogP contribution >= 0.6 is 0 Å². The molecule has 1 aliphatic carbocycles. The first kappa shape index (κ1) is 15.6. The van der Waals surface area contributed by atoms with Gasteiger partial charge in [-0.15, -0.1) is 0 Å². The average molecular weight is 302 g/mol. The summed E-state index contributed by atoms with van der Waals surface area (Å²) >= 11 is 0. The van der Waals surface area contributed by atoms with Gasteiger partial charge in [0.1, 0.15) is 5.70 Å². The van der Waals surface area contributed by atoms with Crippen LogP contribution in [-0.4, -0.2) is 42.4 Å². The summed E-state index contributed by atoms with van der Waals surface area (Å²) in [5.74, 6) is -0.428. The molecule has 6 heteroatoms. The number of nitrogens with zero attached hydrogens (tertiary/aromatic N) is 1. The minimum atomic E-state index is -0.329. The first-order chi connectivity index (χ1) is 10.4. The highest BCUT2D eigenvalue weighted by atomic mass is 16.5. The number of benzene rings is 1. The quantitative estimate of drug-likeness (QED) is 0.641. The number of anilines is 1. The maximum atomic E-state index is 12.0. The Morgan fingerprint density at radius 2 is 2.09 bits per heavy atom. The predicted octanol–water partition coefficient (Wildman–Crippen LogP) is 1.89. The van der Waals surface area contributed by atoms with E-state index in [4.69, 9.17) is 4.74 Å². The van der Waals surface area contributed by atoms with Crippen molar-refractivity contribution in [2.45, 2.75) is 6.92 Å². The number of hydrogen-bond donors (Lipinski definition) is 2. The van der Waals surface area contributed by atoms with E-state index in [0.29, 0.717) is 17.9 Å². The van der Waals surface area contributed by atoms with Crippen LogP contribution in [0.25, 0.3) is 0 Å². The van der Waals surface area contributed by atoms with Crippen molar-refractivity contribution in [3.05, 3.63) is 47.4 Å².